The molecule has 3 aromatic heterocycles. The van der Waals surface area contributed by atoms with Crippen LogP contribution in [0.5, 0.6) is 0 Å². The maximum absolute atomic E-state index is 5.47. The van der Waals surface area contributed by atoms with Crippen molar-refractivity contribution in [3.05, 3.63) is 36.7 Å². The summed E-state index contributed by atoms with van der Waals surface area (Å²) in [6.07, 6.45) is 3.62. The lowest BCUT2D eigenvalue weighted by Crippen LogP contribution is -1.83. The molecule has 0 saturated carbocycles. The minimum Gasteiger partial charge on any atom is -0.368 e. The molecule has 0 fully saturated rings. The molecular formula is C10H8N4O. The second-order valence-corrected chi connectivity index (χ2v) is 3.20. The minimum atomic E-state index is 0.306. The Balaban J connectivity index is 2.27. The summed E-state index contributed by atoms with van der Waals surface area (Å²) in [6.45, 7) is 0. The van der Waals surface area contributed by atoms with Crippen LogP contribution in [0.1, 0.15) is 0 Å². The van der Waals surface area contributed by atoms with Gasteiger partial charge in [0.25, 0.3) is 0 Å². The highest BCUT2D eigenvalue weighted by atomic mass is 16.5. The van der Waals surface area contributed by atoms with Crippen molar-refractivity contribution in [3.8, 4) is 11.3 Å². The molecule has 3 aromatic rings. The number of nitrogen functional groups attached to an aromatic ring is 1. The molecule has 0 unspecified atom stereocenters. The van der Waals surface area contributed by atoms with E-state index in [-0.39, 0.29) is 0 Å². The zero-order valence-corrected chi connectivity index (χ0v) is 7.79. The number of hydrogen-bond donors (Lipinski definition) is 1. The summed E-state index contributed by atoms with van der Waals surface area (Å²) >= 11 is 0. The lowest BCUT2D eigenvalue weighted by molar-refractivity contribution is 0.439. The van der Waals surface area contributed by atoms with Gasteiger partial charge in [-0.3, -0.25) is 0 Å². The first-order valence-corrected chi connectivity index (χ1v) is 4.49. The molecule has 0 amide bonds. The molecule has 0 spiro atoms. The van der Waals surface area contributed by atoms with Crippen LogP contribution in [0.3, 0.4) is 0 Å². The predicted octanol–water partition coefficient (Wildman–Crippen LogP) is 1.57. The molecule has 0 saturated heterocycles. The molecule has 0 aliphatic rings. The van der Waals surface area contributed by atoms with Gasteiger partial charge >= 0.3 is 0 Å². The average molecular weight is 200 g/mol. The molecule has 3 heterocycles. The Bertz CT molecular complexity index is 610. The van der Waals surface area contributed by atoms with E-state index in [0.717, 1.165) is 11.1 Å². The van der Waals surface area contributed by atoms with Crippen molar-refractivity contribution < 1.29 is 4.52 Å². The van der Waals surface area contributed by atoms with Gasteiger partial charge < -0.3 is 10.3 Å². The van der Waals surface area contributed by atoms with Crippen molar-refractivity contribution in [3.63, 3.8) is 0 Å². The largest absolute Gasteiger partial charge is 0.368 e. The fourth-order valence-corrected chi connectivity index (χ4v) is 1.55. The maximum Gasteiger partial charge on any atom is 0.222 e. The Labute approximate surface area is 85.1 Å². The molecule has 15 heavy (non-hydrogen) atoms. The molecule has 0 bridgehead atoms. The number of rotatable bonds is 1. The molecule has 5 nitrogen and oxygen atoms in total. The number of aromatic nitrogens is 3. The SMILES string of the molecule is Nc1cc(-c2cnn3ccccc23)no1. The Morgan fingerprint density at radius 2 is 2.27 bits per heavy atom. The van der Waals surface area contributed by atoms with E-state index >= 15 is 0 Å². The third kappa shape index (κ3) is 1.17. The first-order valence-electron chi connectivity index (χ1n) is 4.49. The van der Waals surface area contributed by atoms with E-state index in [9.17, 15) is 0 Å². The minimum absolute atomic E-state index is 0.306. The summed E-state index contributed by atoms with van der Waals surface area (Å²) in [7, 11) is 0. The second kappa shape index (κ2) is 2.84. The summed E-state index contributed by atoms with van der Waals surface area (Å²) < 4.78 is 6.61. The van der Waals surface area contributed by atoms with Crippen molar-refractivity contribution >= 4 is 11.4 Å². The lowest BCUT2D eigenvalue weighted by atomic mass is 10.2. The van der Waals surface area contributed by atoms with Gasteiger partial charge in [-0.1, -0.05) is 11.2 Å². The summed E-state index contributed by atoms with van der Waals surface area (Å²) in [6, 6.07) is 7.52. The molecule has 0 radical (unpaired) electrons. The number of nitrogens with zero attached hydrogens (tertiary/aromatic N) is 3. The van der Waals surface area contributed by atoms with Gasteiger partial charge in [0.2, 0.25) is 5.88 Å². The number of anilines is 1. The van der Waals surface area contributed by atoms with Gasteiger partial charge in [-0.15, -0.1) is 0 Å². The van der Waals surface area contributed by atoms with E-state index < -0.39 is 0 Å². The zero-order valence-electron chi connectivity index (χ0n) is 7.79. The highest BCUT2D eigenvalue weighted by molar-refractivity contribution is 5.78. The Kier molecular flexibility index (Phi) is 1.53. The zero-order chi connectivity index (χ0) is 10.3. The smallest absolute Gasteiger partial charge is 0.222 e. The molecule has 5 heteroatoms. The van der Waals surface area contributed by atoms with Crippen LogP contribution in [0.15, 0.2) is 41.2 Å². The van der Waals surface area contributed by atoms with E-state index in [2.05, 4.69) is 10.3 Å². The molecular weight excluding hydrogens is 192 g/mol. The van der Waals surface area contributed by atoms with E-state index in [1.807, 2.05) is 24.4 Å². The van der Waals surface area contributed by atoms with Crippen LogP contribution in [-0.4, -0.2) is 14.8 Å². The van der Waals surface area contributed by atoms with Gasteiger partial charge in [-0.05, 0) is 12.1 Å². The molecule has 0 atom stereocenters. The third-order valence-corrected chi connectivity index (χ3v) is 2.23. The third-order valence-electron chi connectivity index (χ3n) is 2.23. The van der Waals surface area contributed by atoms with Crippen molar-refractivity contribution in [2.45, 2.75) is 0 Å². The molecule has 0 aromatic carbocycles. The topological polar surface area (TPSA) is 69.3 Å². The highest BCUT2D eigenvalue weighted by Crippen LogP contribution is 2.24. The summed E-state index contributed by atoms with van der Waals surface area (Å²) in [5.41, 5.74) is 8.07. The van der Waals surface area contributed by atoms with Gasteiger partial charge in [-0.2, -0.15) is 5.10 Å². The molecule has 3 rings (SSSR count). The van der Waals surface area contributed by atoms with Crippen LogP contribution < -0.4 is 5.73 Å². The fraction of sp³-hybridized carbons (Fsp3) is 0. The lowest BCUT2D eigenvalue weighted by Gasteiger charge is -1.92. The van der Waals surface area contributed by atoms with Gasteiger partial charge in [0.1, 0.15) is 5.69 Å². The van der Waals surface area contributed by atoms with E-state index in [4.69, 9.17) is 10.3 Å². The van der Waals surface area contributed by atoms with Crippen molar-refractivity contribution in [2.24, 2.45) is 0 Å². The van der Waals surface area contributed by atoms with Crippen LogP contribution in [0.4, 0.5) is 5.88 Å². The number of pyridine rings is 1. The van der Waals surface area contributed by atoms with E-state index in [0.29, 0.717) is 11.6 Å². The predicted molar refractivity (Wildman–Crippen MR) is 55.1 cm³/mol. The average Bonchev–Trinajstić information content (AvgIpc) is 2.83. The van der Waals surface area contributed by atoms with Crippen LogP contribution in [0, 0.1) is 0 Å². The molecule has 0 aliphatic carbocycles. The molecule has 2 N–H and O–H groups in total. The van der Waals surface area contributed by atoms with Crippen molar-refractivity contribution in [1.29, 1.82) is 0 Å². The molecule has 74 valence electrons. The summed E-state index contributed by atoms with van der Waals surface area (Å²) in [5.74, 6) is 0.306. The van der Waals surface area contributed by atoms with Gasteiger partial charge in [-0.25, -0.2) is 4.52 Å². The Morgan fingerprint density at radius 1 is 1.33 bits per heavy atom. The number of fused-ring (bicyclic) bond motifs is 1. The fourth-order valence-electron chi connectivity index (χ4n) is 1.55. The number of hydrogen-bond acceptors (Lipinski definition) is 4. The Morgan fingerprint density at radius 3 is 3.07 bits per heavy atom. The normalized spacial score (nSPS) is 10.9. The second-order valence-electron chi connectivity index (χ2n) is 3.20. The van der Waals surface area contributed by atoms with Gasteiger partial charge in [0.15, 0.2) is 0 Å². The van der Waals surface area contributed by atoms with Crippen molar-refractivity contribution in [2.75, 3.05) is 5.73 Å². The molecule has 0 aliphatic heterocycles. The standard InChI is InChI=1S/C10H8N4O/c11-10-5-8(13-15-10)7-6-12-14-4-2-1-3-9(7)14/h1-6H,11H2. The Hall–Kier alpha value is -2.30. The van der Waals surface area contributed by atoms with Crippen LogP contribution in [0.25, 0.3) is 16.8 Å². The van der Waals surface area contributed by atoms with Gasteiger partial charge in [0, 0.05) is 17.8 Å². The quantitative estimate of drug-likeness (QED) is 0.647. The van der Waals surface area contributed by atoms with Crippen LogP contribution in [0.2, 0.25) is 0 Å². The summed E-state index contributed by atoms with van der Waals surface area (Å²) in [4.78, 5) is 0. The van der Waals surface area contributed by atoms with Crippen molar-refractivity contribution in [1.82, 2.24) is 14.8 Å². The number of nitrogens with two attached hydrogens (primary N) is 1. The van der Waals surface area contributed by atoms with Gasteiger partial charge in [0.05, 0.1) is 11.7 Å². The van der Waals surface area contributed by atoms with E-state index in [1.165, 1.54) is 0 Å². The monoisotopic (exact) mass is 200 g/mol. The van der Waals surface area contributed by atoms with E-state index in [1.54, 1.807) is 16.8 Å². The summed E-state index contributed by atoms with van der Waals surface area (Å²) in [5, 5.41) is 8.05. The van der Waals surface area contributed by atoms with Crippen LogP contribution >= 0.6 is 0 Å². The first kappa shape index (κ1) is 8.05. The maximum atomic E-state index is 5.47. The van der Waals surface area contributed by atoms with Crippen LogP contribution in [-0.2, 0) is 0 Å². The highest BCUT2D eigenvalue weighted by Gasteiger charge is 2.09. The first-order chi connectivity index (χ1) is 7.34.